The number of hydrogen-bond acceptors (Lipinski definition) is 5. The van der Waals surface area contributed by atoms with Crippen molar-refractivity contribution in [2.75, 3.05) is 11.4 Å². The molecule has 0 spiro atoms. The Labute approximate surface area is 152 Å². The molecule has 1 N–H and O–H groups in total. The molecule has 2 heterocycles. The molecular formula is C17H19N5O3S. The van der Waals surface area contributed by atoms with Gasteiger partial charge in [0, 0.05) is 19.7 Å². The Morgan fingerprint density at radius 1 is 1.38 bits per heavy atom. The van der Waals surface area contributed by atoms with E-state index in [0.717, 1.165) is 0 Å². The topological polar surface area (TPSA) is 108 Å². The third kappa shape index (κ3) is 3.92. The molecule has 1 aromatic carbocycles. The van der Waals surface area contributed by atoms with Crippen LogP contribution in [0.2, 0.25) is 0 Å². The lowest BCUT2D eigenvalue weighted by Gasteiger charge is -2.32. The lowest BCUT2D eigenvalue weighted by Crippen LogP contribution is -2.53. The SMILES string of the molecule is Cn1nccc1N1CCCC(NS(=O)(=O)Cc2cccc(C#N)c2)C1=O. The first kappa shape index (κ1) is 18.1. The monoisotopic (exact) mass is 373 g/mol. The Bertz CT molecular complexity index is 961. The molecule has 1 atom stereocenters. The zero-order valence-electron chi connectivity index (χ0n) is 14.3. The van der Waals surface area contributed by atoms with Crippen molar-refractivity contribution in [3.63, 3.8) is 0 Å². The Morgan fingerprint density at radius 3 is 2.88 bits per heavy atom. The van der Waals surface area contributed by atoms with E-state index in [9.17, 15) is 13.2 Å². The van der Waals surface area contributed by atoms with Gasteiger partial charge in [0.05, 0.1) is 23.6 Å². The van der Waals surface area contributed by atoms with Crippen LogP contribution in [0.25, 0.3) is 0 Å². The van der Waals surface area contributed by atoms with Crippen molar-refractivity contribution in [3.05, 3.63) is 47.7 Å². The zero-order valence-corrected chi connectivity index (χ0v) is 15.1. The molecule has 1 aromatic heterocycles. The fraction of sp³-hybridized carbons (Fsp3) is 0.353. The Kier molecular flexibility index (Phi) is 5.06. The number of nitrogens with zero attached hydrogens (tertiary/aromatic N) is 4. The normalized spacial score (nSPS) is 17.9. The number of benzene rings is 1. The van der Waals surface area contributed by atoms with Crippen molar-refractivity contribution in [3.8, 4) is 6.07 Å². The molecule has 136 valence electrons. The minimum absolute atomic E-state index is 0.280. The molecular weight excluding hydrogens is 354 g/mol. The number of anilines is 1. The summed E-state index contributed by atoms with van der Waals surface area (Å²) in [5, 5.41) is 13.0. The van der Waals surface area contributed by atoms with Gasteiger partial charge in [-0.05, 0) is 30.5 Å². The van der Waals surface area contributed by atoms with Crippen molar-refractivity contribution in [1.29, 1.82) is 5.26 Å². The van der Waals surface area contributed by atoms with E-state index in [0.29, 0.717) is 36.3 Å². The standard InChI is InChI=1S/C17H19N5O3S/c1-21-16(7-8-19-21)22-9-3-6-15(17(22)23)20-26(24,25)12-14-5-2-4-13(10-14)11-18/h2,4-5,7-8,10,15,20H,3,6,9,12H2,1H3. The van der Waals surface area contributed by atoms with Crippen LogP contribution in [-0.4, -0.2) is 36.7 Å². The van der Waals surface area contributed by atoms with E-state index in [4.69, 9.17) is 5.26 Å². The maximum Gasteiger partial charge on any atom is 0.246 e. The van der Waals surface area contributed by atoms with Crippen LogP contribution in [0.4, 0.5) is 5.82 Å². The van der Waals surface area contributed by atoms with Gasteiger partial charge in [-0.15, -0.1) is 0 Å². The lowest BCUT2D eigenvalue weighted by molar-refractivity contribution is -0.121. The zero-order chi connectivity index (χ0) is 18.7. The highest BCUT2D eigenvalue weighted by molar-refractivity contribution is 7.88. The summed E-state index contributed by atoms with van der Waals surface area (Å²) >= 11 is 0. The van der Waals surface area contributed by atoms with Gasteiger partial charge >= 0.3 is 0 Å². The number of carbonyl (C=O) groups is 1. The van der Waals surface area contributed by atoms with Crippen molar-refractivity contribution < 1.29 is 13.2 Å². The number of sulfonamides is 1. The quantitative estimate of drug-likeness (QED) is 0.838. The second kappa shape index (κ2) is 7.27. The van der Waals surface area contributed by atoms with Gasteiger partial charge in [-0.2, -0.15) is 10.4 Å². The second-order valence-electron chi connectivity index (χ2n) is 6.19. The molecule has 9 heteroatoms. The van der Waals surface area contributed by atoms with E-state index in [-0.39, 0.29) is 11.7 Å². The van der Waals surface area contributed by atoms with Crippen LogP contribution in [0.3, 0.4) is 0 Å². The summed E-state index contributed by atoms with van der Waals surface area (Å²) in [6, 6.07) is 9.33. The predicted molar refractivity (Wildman–Crippen MR) is 95.5 cm³/mol. The number of rotatable bonds is 5. The van der Waals surface area contributed by atoms with Crippen LogP contribution in [0.5, 0.6) is 0 Å². The lowest BCUT2D eigenvalue weighted by atomic mass is 10.1. The second-order valence-corrected chi connectivity index (χ2v) is 7.94. The Balaban J connectivity index is 1.73. The molecule has 0 aliphatic carbocycles. The molecule has 1 saturated heterocycles. The summed E-state index contributed by atoms with van der Waals surface area (Å²) in [5.74, 6) is 0.0766. The molecule has 0 bridgehead atoms. The van der Waals surface area contributed by atoms with E-state index in [1.54, 1.807) is 47.1 Å². The van der Waals surface area contributed by atoms with Crippen molar-refractivity contribution in [2.45, 2.75) is 24.6 Å². The van der Waals surface area contributed by atoms with E-state index < -0.39 is 16.1 Å². The highest BCUT2D eigenvalue weighted by Crippen LogP contribution is 2.21. The fourth-order valence-corrected chi connectivity index (χ4v) is 4.41. The van der Waals surface area contributed by atoms with Crippen molar-refractivity contribution in [2.24, 2.45) is 7.05 Å². The maximum atomic E-state index is 12.7. The van der Waals surface area contributed by atoms with Gasteiger partial charge in [0.2, 0.25) is 15.9 Å². The van der Waals surface area contributed by atoms with Crippen LogP contribution >= 0.6 is 0 Å². The van der Waals surface area contributed by atoms with E-state index in [1.165, 1.54) is 6.07 Å². The molecule has 1 aliphatic heterocycles. The van der Waals surface area contributed by atoms with E-state index in [1.807, 2.05) is 6.07 Å². The van der Waals surface area contributed by atoms with Crippen LogP contribution in [0.1, 0.15) is 24.0 Å². The van der Waals surface area contributed by atoms with Crippen molar-refractivity contribution in [1.82, 2.24) is 14.5 Å². The minimum Gasteiger partial charge on any atom is -0.296 e. The van der Waals surface area contributed by atoms with Gasteiger partial charge in [0.15, 0.2) is 0 Å². The smallest absolute Gasteiger partial charge is 0.246 e. The molecule has 26 heavy (non-hydrogen) atoms. The number of nitriles is 1. The number of piperidine rings is 1. The van der Waals surface area contributed by atoms with Crippen LogP contribution in [-0.2, 0) is 27.6 Å². The Hall–Kier alpha value is -2.70. The fourth-order valence-electron chi connectivity index (χ4n) is 3.05. The number of nitrogens with one attached hydrogen (secondary N) is 1. The van der Waals surface area contributed by atoms with Gasteiger partial charge in [-0.25, -0.2) is 13.1 Å². The van der Waals surface area contributed by atoms with Crippen LogP contribution in [0, 0.1) is 11.3 Å². The number of carbonyl (C=O) groups excluding carboxylic acids is 1. The van der Waals surface area contributed by atoms with E-state index in [2.05, 4.69) is 9.82 Å². The van der Waals surface area contributed by atoms with Gasteiger partial charge in [-0.1, -0.05) is 12.1 Å². The molecule has 1 fully saturated rings. The van der Waals surface area contributed by atoms with Gasteiger partial charge in [0.1, 0.15) is 11.9 Å². The number of aryl methyl sites for hydroxylation is 1. The first-order chi connectivity index (χ1) is 12.4. The van der Waals surface area contributed by atoms with Crippen LogP contribution in [0.15, 0.2) is 36.5 Å². The van der Waals surface area contributed by atoms with Crippen LogP contribution < -0.4 is 9.62 Å². The maximum absolute atomic E-state index is 12.7. The molecule has 1 amide bonds. The number of hydrogen-bond donors (Lipinski definition) is 1. The highest BCUT2D eigenvalue weighted by atomic mass is 32.2. The summed E-state index contributed by atoms with van der Waals surface area (Å²) in [7, 11) is -1.99. The van der Waals surface area contributed by atoms with Crippen molar-refractivity contribution >= 4 is 21.7 Å². The summed E-state index contributed by atoms with van der Waals surface area (Å²) in [5.41, 5.74) is 0.900. The molecule has 8 nitrogen and oxygen atoms in total. The summed E-state index contributed by atoms with van der Waals surface area (Å²) in [6.45, 7) is 0.529. The van der Waals surface area contributed by atoms with E-state index >= 15 is 0 Å². The first-order valence-electron chi connectivity index (χ1n) is 8.18. The number of amides is 1. The third-order valence-corrected chi connectivity index (χ3v) is 5.60. The molecule has 2 aromatic rings. The summed E-state index contributed by atoms with van der Waals surface area (Å²) < 4.78 is 29.1. The third-order valence-electron chi connectivity index (χ3n) is 4.24. The predicted octanol–water partition coefficient (Wildman–Crippen LogP) is 0.907. The molecule has 3 rings (SSSR count). The van der Waals surface area contributed by atoms with Gasteiger partial charge in [0.25, 0.3) is 0 Å². The largest absolute Gasteiger partial charge is 0.296 e. The number of aromatic nitrogens is 2. The molecule has 1 aliphatic rings. The minimum atomic E-state index is -3.72. The molecule has 1 unspecified atom stereocenters. The van der Waals surface area contributed by atoms with Gasteiger partial charge in [-0.3, -0.25) is 14.4 Å². The highest BCUT2D eigenvalue weighted by Gasteiger charge is 2.33. The Morgan fingerprint density at radius 2 is 2.19 bits per heavy atom. The summed E-state index contributed by atoms with van der Waals surface area (Å²) in [6.07, 6.45) is 2.73. The average molecular weight is 373 g/mol. The summed E-state index contributed by atoms with van der Waals surface area (Å²) in [4.78, 5) is 14.3. The molecule has 0 saturated carbocycles. The van der Waals surface area contributed by atoms with Gasteiger partial charge < -0.3 is 0 Å². The first-order valence-corrected chi connectivity index (χ1v) is 9.83. The average Bonchev–Trinajstić information content (AvgIpc) is 3.02. The molecule has 0 radical (unpaired) electrons.